The zero-order valence-corrected chi connectivity index (χ0v) is 17.0. The lowest BCUT2D eigenvalue weighted by molar-refractivity contribution is -0.132. The van der Waals surface area contributed by atoms with Crippen LogP contribution < -0.4 is 0 Å². The molecule has 0 bridgehead atoms. The fourth-order valence-corrected chi connectivity index (χ4v) is 4.75. The first-order valence-electron chi connectivity index (χ1n) is 10.0. The Morgan fingerprint density at radius 1 is 1.07 bits per heavy atom. The summed E-state index contributed by atoms with van der Waals surface area (Å²) in [5.41, 5.74) is 1.90. The predicted octanol–water partition coefficient (Wildman–Crippen LogP) is 5.18. The van der Waals surface area contributed by atoms with Crippen molar-refractivity contribution in [3.63, 3.8) is 0 Å². The van der Waals surface area contributed by atoms with Crippen LogP contribution in [0.15, 0.2) is 59.6 Å². The first-order valence-corrected chi connectivity index (χ1v) is 11.0. The molecule has 2 aromatic carbocycles. The first-order chi connectivity index (χ1) is 13.8. The van der Waals surface area contributed by atoms with Gasteiger partial charge in [0.1, 0.15) is 5.03 Å². The summed E-state index contributed by atoms with van der Waals surface area (Å²) in [7, 11) is 0. The Morgan fingerprint density at radius 2 is 1.86 bits per heavy atom. The van der Waals surface area contributed by atoms with Crippen LogP contribution in [0.3, 0.4) is 0 Å². The van der Waals surface area contributed by atoms with E-state index < -0.39 is 0 Å². The number of thioether (sulfide) groups is 1. The van der Waals surface area contributed by atoms with Gasteiger partial charge in [0.05, 0.1) is 11.3 Å². The summed E-state index contributed by atoms with van der Waals surface area (Å²) in [4.78, 5) is 24.5. The molecule has 2 heterocycles. The standard InChI is InChI=1S/C23H25N3OS/c1-2-18-12-8-9-15-26(18)21(27)16-28-23-19-13-6-7-14-20(19)24-22(25-23)17-10-4-3-5-11-17/h3-7,10-11,13-14,18H,2,8-9,12,15-16H2,1H3/t18-/m0/s1. The van der Waals surface area contributed by atoms with Gasteiger partial charge in [0.25, 0.3) is 0 Å². The van der Waals surface area contributed by atoms with Crippen LogP contribution >= 0.6 is 11.8 Å². The maximum Gasteiger partial charge on any atom is 0.233 e. The molecule has 1 atom stereocenters. The van der Waals surface area contributed by atoms with Gasteiger partial charge >= 0.3 is 0 Å². The third-order valence-corrected chi connectivity index (χ3v) is 6.33. The molecule has 4 nitrogen and oxygen atoms in total. The molecule has 3 aromatic rings. The number of carbonyl (C=O) groups excluding carboxylic acids is 1. The molecule has 1 fully saturated rings. The van der Waals surface area contributed by atoms with Crippen molar-refractivity contribution in [2.45, 2.75) is 43.7 Å². The zero-order valence-electron chi connectivity index (χ0n) is 16.2. The normalized spacial score (nSPS) is 17.0. The molecule has 1 aliphatic heterocycles. The molecule has 1 aliphatic rings. The van der Waals surface area contributed by atoms with Gasteiger partial charge in [-0.1, -0.05) is 67.2 Å². The molecule has 4 rings (SSSR count). The van der Waals surface area contributed by atoms with E-state index >= 15 is 0 Å². The number of nitrogens with zero attached hydrogens (tertiary/aromatic N) is 3. The molecule has 0 spiro atoms. The number of aromatic nitrogens is 2. The highest BCUT2D eigenvalue weighted by molar-refractivity contribution is 8.00. The van der Waals surface area contributed by atoms with Gasteiger partial charge in [-0.3, -0.25) is 4.79 Å². The minimum absolute atomic E-state index is 0.223. The summed E-state index contributed by atoms with van der Waals surface area (Å²) in [5, 5.41) is 1.88. The molecule has 0 unspecified atom stereocenters. The van der Waals surface area contributed by atoms with E-state index in [-0.39, 0.29) is 5.91 Å². The van der Waals surface area contributed by atoms with Gasteiger partial charge in [0, 0.05) is 23.5 Å². The topological polar surface area (TPSA) is 46.1 Å². The fraction of sp³-hybridized carbons (Fsp3) is 0.348. The van der Waals surface area contributed by atoms with Crippen molar-refractivity contribution in [2.24, 2.45) is 0 Å². The maximum atomic E-state index is 12.9. The predicted molar refractivity (Wildman–Crippen MR) is 115 cm³/mol. The van der Waals surface area contributed by atoms with Gasteiger partial charge in [-0.25, -0.2) is 9.97 Å². The van der Waals surface area contributed by atoms with E-state index in [0.717, 1.165) is 47.3 Å². The van der Waals surface area contributed by atoms with E-state index in [1.165, 1.54) is 18.2 Å². The Bertz CT molecular complexity index is 960. The van der Waals surface area contributed by atoms with E-state index in [9.17, 15) is 4.79 Å². The van der Waals surface area contributed by atoms with Crippen LogP contribution in [0.5, 0.6) is 0 Å². The zero-order chi connectivity index (χ0) is 19.3. The lowest BCUT2D eigenvalue weighted by atomic mass is 10.0. The monoisotopic (exact) mass is 391 g/mol. The Labute approximate surface area is 170 Å². The highest BCUT2D eigenvalue weighted by Crippen LogP contribution is 2.29. The van der Waals surface area contributed by atoms with Gasteiger partial charge < -0.3 is 4.90 Å². The number of carbonyl (C=O) groups is 1. The molecule has 1 aromatic heterocycles. The van der Waals surface area contributed by atoms with Crippen molar-refractivity contribution in [3.05, 3.63) is 54.6 Å². The van der Waals surface area contributed by atoms with E-state index in [4.69, 9.17) is 9.97 Å². The van der Waals surface area contributed by atoms with Crippen LogP contribution in [0.25, 0.3) is 22.3 Å². The SMILES string of the molecule is CC[C@H]1CCCCN1C(=O)CSc1nc(-c2ccccc2)nc2ccccc12. The first kappa shape index (κ1) is 18.9. The molecular weight excluding hydrogens is 366 g/mol. The van der Waals surface area contributed by atoms with Crippen molar-refractivity contribution >= 4 is 28.6 Å². The molecule has 5 heteroatoms. The van der Waals surface area contributed by atoms with Gasteiger partial charge in [-0.05, 0) is 31.7 Å². The summed E-state index contributed by atoms with van der Waals surface area (Å²) in [6.45, 7) is 3.06. The second kappa shape index (κ2) is 8.74. The fourth-order valence-electron chi connectivity index (χ4n) is 3.84. The van der Waals surface area contributed by atoms with Crippen molar-refractivity contribution in [2.75, 3.05) is 12.3 Å². The van der Waals surface area contributed by atoms with Crippen LogP contribution in [0.2, 0.25) is 0 Å². The van der Waals surface area contributed by atoms with Gasteiger partial charge in [0.15, 0.2) is 5.82 Å². The quantitative estimate of drug-likeness (QED) is 0.444. The number of hydrogen-bond donors (Lipinski definition) is 0. The van der Waals surface area contributed by atoms with Gasteiger partial charge in [-0.2, -0.15) is 0 Å². The number of likely N-dealkylation sites (tertiary alicyclic amines) is 1. The molecule has 0 aliphatic carbocycles. The Hall–Kier alpha value is -2.40. The largest absolute Gasteiger partial charge is 0.339 e. The molecule has 0 N–H and O–H groups in total. The molecule has 1 saturated heterocycles. The Balaban J connectivity index is 1.60. The van der Waals surface area contributed by atoms with Crippen LogP contribution in [0.4, 0.5) is 0 Å². The third kappa shape index (κ3) is 4.04. The second-order valence-electron chi connectivity index (χ2n) is 7.17. The highest BCUT2D eigenvalue weighted by Gasteiger charge is 2.25. The third-order valence-electron chi connectivity index (χ3n) is 5.35. The van der Waals surface area contributed by atoms with Crippen LogP contribution in [0, 0.1) is 0 Å². The van der Waals surface area contributed by atoms with Crippen molar-refractivity contribution in [3.8, 4) is 11.4 Å². The Morgan fingerprint density at radius 3 is 2.68 bits per heavy atom. The number of amides is 1. The summed E-state index contributed by atoms with van der Waals surface area (Å²) >= 11 is 1.53. The number of benzene rings is 2. The number of piperidine rings is 1. The molecule has 28 heavy (non-hydrogen) atoms. The average molecular weight is 392 g/mol. The van der Waals surface area contributed by atoms with E-state index in [2.05, 4.69) is 11.8 Å². The minimum Gasteiger partial charge on any atom is -0.339 e. The summed E-state index contributed by atoms with van der Waals surface area (Å²) < 4.78 is 0. The summed E-state index contributed by atoms with van der Waals surface area (Å²) in [5.74, 6) is 1.35. The van der Waals surface area contributed by atoms with Crippen LogP contribution in [-0.4, -0.2) is 39.1 Å². The number of para-hydroxylation sites is 1. The molecule has 0 radical (unpaired) electrons. The number of fused-ring (bicyclic) bond motifs is 1. The minimum atomic E-state index is 0.223. The average Bonchev–Trinajstić information content (AvgIpc) is 2.77. The van der Waals surface area contributed by atoms with Gasteiger partial charge in [-0.15, -0.1) is 0 Å². The lowest BCUT2D eigenvalue weighted by Gasteiger charge is -2.35. The molecule has 1 amide bonds. The van der Waals surface area contributed by atoms with Gasteiger partial charge in [0.2, 0.25) is 5.91 Å². The lowest BCUT2D eigenvalue weighted by Crippen LogP contribution is -2.44. The highest BCUT2D eigenvalue weighted by atomic mass is 32.2. The maximum absolute atomic E-state index is 12.9. The Kier molecular flexibility index (Phi) is 5.91. The van der Waals surface area contributed by atoms with Crippen LogP contribution in [0.1, 0.15) is 32.6 Å². The van der Waals surface area contributed by atoms with E-state index in [0.29, 0.717) is 17.6 Å². The molecular formula is C23H25N3OS. The molecule has 144 valence electrons. The summed E-state index contributed by atoms with van der Waals surface area (Å²) in [6.07, 6.45) is 4.50. The van der Waals surface area contributed by atoms with Crippen molar-refractivity contribution in [1.82, 2.24) is 14.9 Å². The smallest absolute Gasteiger partial charge is 0.233 e. The summed E-state index contributed by atoms with van der Waals surface area (Å²) in [6, 6.07) is 18.4. The molecule has 0 saturated carbocycles. The van der Waals surface area contributed by atoms with Crippen molar-refractivity contribution in [1.29, 1.82) is 0 Å². The number of rotatable bonds is 5. The van der Waals surface area contributed by atoms with E-state index in [1.54, 1.807) is 0 Å². The number of hydrogen-bond acceptors (Lipinski definition) is 4. The van der Waals surface area contributed by atoms with E-state index in [1.807, 2.05) is 54.6 Å². The second-order valence-corrected chi connectivity index (χ2v) is 8.13. The van der Waals surface area contributed by atoms with Crippen LogP contribution in [-0.2, 0) is 4.79 Å². The van der Waals surface area contributed by atoms with Crippen molar-refractivity contribution < 1.29 is 4.79 Å².